The Bertz CT molecular complexity index is 559. The Hall–Kier alpha value is -1.28. The number of halogens is 2. The lowest BCUT2D eigenvalue weighted by Crippen LogP contribution is -2.27. The van der Waals surface area contributed by atoms with Gasteiger partial charge in [-0.15, -0.1) is 0 Å². The molecule has 1 aliphatic rings. The van der Waals surface area contributed by atoms with Crippen LogP contribution in [0.1, 0.15) is 5.56 Å². The molecule has 0 fully saturated rings. The van der Waals surface area contributed by atoms with E-state index in [4.69, 9.17) is 23.2 Å². The topological polar surface area (TPSA) is 41.5 Å². The lowest BCUT2D eigenvalue weighted by atomic mass is 10.1. The Morgan fingerprint density at radius 2 is 2.14 bits per heavy atom. The molecule has 3 nitrogen and oxygen atoms in total. The van der Waals surface area contributed by atoms with Crippen LogP contribution >= 0.6 is 23.2 Å². The Kier molecular flexibility index (Phi) is 2.30. The minimum Gasteiger partial charge on any atom is -0.265 e. The fraction of sp³-hybridized carbons (Fsp3) is 0. The van der Waals surface area contributed by atoms with Crippen LogP contribution in [0.15, 0.2) is 23.3 Å². The van der Waals surface area contributed by atoms with E-state index in [2.05, 4.69) is 10.5 Å². The molecule has 0 atom stereocenters. The van der Waals surface area contributed by atoms with Crippen molar-refractivity contribution in [2.45, 2.75) is 0 Å². The smallest absolute Gasteiger partial charge is 0.157 e. The number of carbonyl (C=O) groups excluding carboxylic acids is 1. The van der Waals surface area contributed by atoms with E-state index in [0.717, 1.165) is 5.22 Å². The average molecular weight is 227 g/mol. The minimum atomic E-state index is 0.279. The van der Waals surface area contributed by atoms with Crippen molar-refractivity contribution >= 4 is 39.5 Å². The zero-order valence-electron chi connectivity index (χ0n) is 6.84. The largest absolute Gasteiger partial charge is 0.265 e. The van der Waals surface area contributed by atoms with Gasteiger partial charge in [0.2, 0.25) is 0 Å². The standard InChI is InChI=1S/C9H4Cl2N2O/c10-8-6-2-1-5(4-14)3-7(6)9(11)13-12-8/h1-3,12H. The maximum Gasteiger partial charge on any atom is 0.157 e. The molecule has 5 heteroatoms. The number of fused-ring (bicyclic) bond motifs is 1. The third kappa shape index (κ3) is 1.42. The first kappa shape index (κ1) is 9.28. The van der Waals surface area contributed by atoms with Crippen LogP contribution in [-0.2, 0) is 4.79 Å². The third-order valence-corrected chi connectivity index (χ3v) is 2.42. The number of nitrogens with one attached hydrogen (secondary N) is 1. The van der Waals surface area contributed by atoms with Crippen LogP contribution in [0, 0.1) is 0 Å². The average Bonchev–Trinajstić information content (AvgIpc) is 2.23. The quantitative estimate of drug-likeness (QED) is 0.633. The van der Waals surface area contributed by atoms with Gasteiger partial charge in [-0.1, -0.05) is 23.2 Å². The predicted molar refractivity (Wildman–Crippen MR) is 55.3 cm³/mol. The van der Waals surface area contributed by atoms with E-state index in [0.29, 0.717) is 15.9 Å². The first-order valence-electron chi connectivity index (χ1n) is 3.77. The van der Waals surface area contributed by atoms with Gasteiger partial charge in [0.05, 0.1) is 5.22 Å². The summed E-state index contributed by atoms with van der Waals surface area (Å²) in [4.78, 5) is 10.4. The highest BCUT2D eigenvalue weighted by molar-refractivity contribution is 6.70. The number of nitrogens with zero attached hydrogens (tertiary/aromatic N) is 1. The van der Waals surface area contributed by atoms with Gasteiger partial charge in [-0.3, -0.25) is 5.43 Å². The molecule has 0 amide bonds. The summed E-state index contributed by atoms with van der Waals surface area (Å²) in [5.41, 5.74) is 3.20. The van der Waals surface area contributed by atoms with E-state index in [-0.39, 0.29) is 5.17 Å². The molecule has 0 bridgehead atoms. The molecule has 0 saturated carbocycles. The zero-order chi connectivity index (χ0) is 10.1. The van der Waals surface area contributed by atoms with E-state index in [9.17, 15) is 4.79 Å². The number of hydrazone groups is 1. The van der Waals surface area contributed by atoms with Crippen molar-refractivity contribution in [1.82, 2.24) is 5.43 Å². The fourth-order valence-corrected chi connectivity index (χ4v) is 1.59. The van der Waals surface area contributed by atoms with Crippen molar-refractivity contribution in [1.29, 1.82) is 0 Å². The Morgan fingerprint density at radius 1 is 1.36 bits per heavy atom. The molecular weight excluding hydrogens is 223 g/mol. The molecule has 0 aromatic heterocycles. The lowest BCUT2D eigenvalue weighted by Gasteiger charge is -2.08. The molecule has 0 radical (unpaired) electrons. The van der Waals surface area contributed by atoms with Gasteiger partial charge in [0.1, 0.15) is 11.1 Å². The van der Waals surface area contributed by atoms with E-state index in [1.54, 1.807) is 24.1 Å². The van der Waals surface area contributed by atoms with E-state index >= 15 is 0 Å². The van der Waals surface area contributed by atoms with Gasteiger partial charge in [0.25, 0.3) is 0 Å². The molecule has 14 heavy (non-hydrogen) atoms. The van der Waals surface area contributed by atoms with Crippen molar-refractivity contribution in [3.63, 3.8) is 0 Å². The molecule has 1 heterocycles. The van der Waals surface area contributed by atoms with Crippen molar-refractivity contribution in [2.75, 3.05) is 0 Å². The molecule has 1 aromatic rings. The number of hydrogen-bond acceptors (Lipinski definition) is 3. The summed E-state index contributed by atoms with van der Waals surface area (Å²) in [6.45, 7) is 0. The maximum atomic E-state index is 10.4. The van der Waals surface area contributed by atoms with Gasteiger partial charge < -0.3 is 0 Å². The van der Waals surface area contributed by atoms with Crippen molar-refractivity contribution in [3.8, 4) is 0 Å². The maximum absolute atomic E-state index is 10.4. The molecule has 70 valence electrons. The molecular formula is C9H4Cl2N2O. The van der Waals surface area contributed by atoms with E-state index in [1.165, 1.54) is 0 Å². The Labute approximate surface area is 89.3 Å². The van der Waals surface area contributed by atoms with E-state index < -0.39 is 0 Å². The van der Waals surface area contributed by atoms with Crippen LogP contribution in [0.3, 0.4) is 0 Å². The highest BCUT2D eigenvalue weighted by Crippen LogP contribution is 2.06. The van der Waals surface area contributed by atoms with Gasteiger partial charge in [0, 0.05) is 10.8 Å². The van der Waals surface area contributed by atoms with Crippen LogP contribution in [0.2, 0.25) is 0 Å². The highest BCUT2D eigenvalue weighted by Gasteiger charge is 2.10. The summed E-state index contributed by atoms with van der Waals surface area (Å²) in [7, 11) is 0. The molecule has 0 spiro atoms. The fourth-order valence-electron chi connectivity index (χ4n) is 1.19. The molecule has 0 unspecified atom stereocenters. The van der Waals surface area contributed by atoms with E-state index in [1.807, 2.05) is 0 Å². The normalized spacial score (nSPS) is 13.9. The third-order valence-electron chi connectivity index (χ3n) is 1.85. The van der Waals surface area contributed by atoms with Crippen molar-refractivity contribution < 1.29 is 4.79 Å². The summed E-state index contributed by atoms with van der Waals surface area (Å²) in [6, 6.07) is 4.91. The van der Waals surface area contributed by atoms with Gasteiger partial charge in [-0.05, 0) is 18.2 Å². The van der Waals surface area contributed by atoms with Gasteiger partial charge in [0.15, 0.2) is 5.17 Å². The Morgan fingerprint density at radius 3 is 2.86 bits per heavy atom. The Balaban J connectivity index is 2.89. The number of rotatable bonds is 0. The second-order valence-corrected chi connectivity index (χ2v) is 3.43. The van der Waals surface area contributed by atoms with Gasteiger partial charge in [-0.2, -0.15) is 5.10 Å². The van der Waals surface area contributed by atoms with Gasteiger partial charge in [-0.25, -0.2) is 4.79 Å². The highest BCUT2D eigenvalue weighted by atomic mass is 35.5. The first-order chi connectivity index (χ1) is 6.72. The summed E-state index contributed by atoms with van der Waals surface area (Å²) in [6.07, 6.45) is 0. The van der Waals surface area contributed by atoms with Crippen LogP contribution < -0.4 is 15.9 Å². The second-order valence-electron chi connectivity index (χ2n) is 2.69. The molecule has 0 saturated heterocycles. The van der Waals surface area contributed by atoms with Crippen LogP contribution in [0.25, 0.3) is 5.16 Å². The van der Waals surface area contributed by atoms with Gasteiger partial charge >= 0.3 is 0 Å². The summed E-state index contributed by atoms with van der Waals surface area (Å²) in [5, 5.41) is 5.58. The lowest BCUT2D eigenvalue weighted by molar-refractivity contribution is 0.567. The SMILES string of the molecule is O=C=c1ccc2c(c1)C(Cl)=NNC=2Cl. The first-order valence-corrected chi connectivity index (χ1v) is 4.52. The predicted octanol–water partition coefficient (Wildman–Crippen LogP) is -0.00210. The van der Waals surface area contributed by atoms with Crippen molar-refractivity contribution in [3.05, 3.63) is 34.2 Å². The summed E-state index contributed by atoms with van der Waals surface area (Å²) in [5.74, 6) is 1.78. The van der Waals surface area contributed by atoms with Crippen LogP contribution in [-0.4, -0.2) is 11.1 Å². The second kappa shape index (κ2) is 3.46. The number of hydrogen-bond donors (Lipinski definition) is 1. The molecule has 1 aromatic carbocycles. The zero-order valence-corrected chi connectivity index (χ0v) is 8.36. The monoisotopic (exact) mass is 226 g/mol. The molecule has 1 aliphatic heterocycles. The van der Waals surface area contributed by atoms with Crippen molar-refractivity contribution in [2.24, 2.45) is 5.10 Å². The molecule has 0 aliphatic carbocycles. The summed E-state index contributed by atoms with van der Waals surface area (Å²) < 4.78 is 0. The molecule has 1 N–H and O–H groups in total. The van der Waals surface area contributed by atoms with Crippen LogP contribution in [0.4, 0.5) is 0 Å². The minimum absolute atomic E-state index is 0.279. The molecule has 2 rings (SSSR count). The number of benzene rings is 1. The summed E-state index contributed by atoms with van der Waals surface area (Å²) >= 11 is 11.7. The van der Waals surface area contributed by atoms with Crippen LogP contribution in [0.5, 0.6) is 0 Å².